The van der Waals surface area contributed by atoms with Gasteiger partial charge in [-0.2, -0.15) is 0 Å². The Balaban J connectivity index is 1.17. The predicted molar refractivity (Wildman–Crippen MR) is 210 cm³/mol. The smallest absolute Gasteiger partial charge is 0.241 e. The minimum Gasteiger partial charge on any atom is -0.347 e. The predicted octanol–water partition coefficient (Wildman–Crippen LogP) is 12.6. The molecule has 0 spiro atoms. The first-order valence-electron chi connectivity index (χ1n) is 19.7. The van der Waals surface area contributed by atoms with Crippen LogP contribution in [-0.4, -0.2) is 13.0 Å². The lowest BCUT2D eigenvalue weighted by Crippen LogP contribution is -2.29. The first kappa shape index (κ1) is 38.9. The van der Waals surface area contributed by atoms with Gasteiger partial charge in [-0.1, -0.05) is 182 Å². The van der Waals surface area contributed by atoms with Crippen LogP contribution in [0.15, 0.2) is 90.0 Å². The summed E-state index contributed by atoms with van der Waals surface area (Å²) in [4.78, 5) is 0.306. The van der Waals surface area contributed by atoms with Crippen LogP contribution in [-0.2, 0) is 23.0 Å². The number of aryl methyl sites for hydroxylation is 3. The third kappa shape index (κ3) is 13.7. The molecule has 4 rings (SSSR count). The first-order valence-corrected chi connectivity index (χ1v) is 21.2. The molecule has 0 aliphatic heterocycles. The van der Waals surface area contributed by atoms with Crippen LogP contribution in [0.5, 0.6) is 0 Å². The summed E-state index contributed by atoms with van der Waals surface area (Å²) in [5.74, 6) is 0. The van der Waals surface area contributed by atoms with Crippen molar-refractivity contribution in [2.75, 3.05) is 0 Å². The average molecular weight is 685 g/mol. The molecule has 1 N–H and O–H groups in total. The Morgan fingerprint density at radius 2 is 1.12 bits per heavy atom. The van der Waals surface area contributed by atoms with Crippen LogP contribution in [0.4, 0.5) is 0 Å². The molecule has 0 amide bonds. The van der Waals surface area contributed by atoms with E-state index < -0.39 is 10.0 Å². The number of aromatic nitrogens is 1. The van der Waals surface area contributed by atoms with Crippen LogP contribution in [0.2, 0.25) is 0 Å². The number of hydrogen-bond acceptors (Lipinski definition) is 2. The molecule has 0 radical (unpaired) electrons. The molecule has 1 heterocycles. The summed E-state index contributed by atoms with van der Waals surface area (Å²) in [6, 6.07) is 25.4. The number of sulfonamides is 1. The van der Waals surface area contributed by atoms with Gasteiger partial charge in [-0.3, -0.25) is 0 Å². The van der Waals surface area contributed by atoms with E-state index in [4.69, 9.17) is 0 Å². The molecule has 0 saturated carbocycles. The largest absolute Gasteiger partial charge is 0.347 e. The van der Waals surface area contributed by atoms with Gasteiger partial charge in [-0.05, 0) is 55.5 Å². The number of rotatable bonds is 26. The number of hydrogen-bond donors (Lipinski definition) is 1. The molecule has 1 aromatic heterocycles. The van der Waals surface area contributed by atoms with Gasteiger partial charge in [0.15, 0.2) is 0 Å². The van der Waals surface area contributed by atoms with Crippen LogP contribution in [0.25, 0.3) is 10.9 Å². The van der Waals surface area contributed by atoms with Crippen molar-refractivity contribution in [3.63, 3.8) is 0 Å². The van der Waals surface area contributed by atoms with E-state index in [1.807, 2.05) is 49.4 Å². The molecule has 1 unspecified atom stereocenters. The molecule has 0 aliphatic rings. The molecule has 4 nitrogen and oxygen atoms in total. The van der Waals surface area contributed by atoms with E-state index in [2.05, 4.69) is 46.7 Å². The normalized spacial score (nSPS) is 12.5. The van der Waals surface area contributed by atoms with Crippen molar-refractivity contribution >= 4 is 20.9 Å². The van der Waals surface area contributed by atoms with Crippen molar-refractivity contribution in [1.29, 1.82) is 0 Å². The molecule has 268 valence electrons. The van der Waals surface area contributed by atoms with E-state index in [0.29, 0.717) is 11.3 Å². The maximum Gasteiger partial charge on any atom is 0.241 e. The fraction of sp³-hybridized carbons (Fsp3) is 0.545. The Kier molecular flexibility index (Phi) is 17.5. The molecule has 1 atom stereocenters. The zero-order valence-electron chi connectivity index (χ0n) is 30.7. The van der Waals surface area contributed by atoms with Gasteiger partial charge >= 0.3 is 0 Å². The topological polar surface area (TPSA) is 51.1 Å². The summed E-state index contributed by atoms with van der Waals surface area (Å²) in [6.07, 6.45) is 28.8. The summed E-state index contributed by atoms with van der Waals surface area (Å²) < 4.78 is 32.2. The summed E-state index contributed by atoms with van der Waals surface area (Å²) in [7, 11) is -3.66. The van der Waals surface area contributed by atoms with Crippen LogP contribution in [0.1, 0.15) is 152 Å². The third-order valence-corrected chi connectivity index (χ3v) is 11.6. The Bertz CT molecular complexity index is 1560. The van der Waals surface area contributed by atoms with Crippen molar-refractivity contribution < 1.29 is 8.42 Å². The number of fused-ring (bicyclic) bond motifs is 1. The highest BCUT2D eigenvalue weighted by Crippen LogP contribution is 2.28. The fourth-order valence-electron chi connectivity index (χ4n) is 7.14. The summed E-state index contributed by atoms with van der Waals surface area (Å²) in [5, 5.41) is 1.28. The highest BCUT2D eigenvalue weighted by Gasteiger charge is 2.22. The zero-order valence-corrected chi connectivity index (χ0v) is 31.5. The van der Waals surface area contributed by atoms with Crippen LogP contribution >= 0.6 is 0 Å². The van der Waals surface area contributed by atoms with Crippen molar-refractivity contribution in [2.45, 2.75) is 160 Å². The quantitative estimate of drug-likeness (QED) is 0.0669. The van der Waals surface area contributed by atoms with E-state index in [9.17, 15) is 8.42 Å². The van der Waals surface area contributed by atoms with Gasteiger partial charge in [0.25, 0.3) is 0 Å². The van der Waals surface area contributed by atoms with Crippen molar-refractivity contribution in [3.8, 4) is 0 Å². The van der Waals surface area contributed by atoms with Crippen LogP contribution in [0.3, 0.4) is 0 Å². The SMILES string of the molecule is CCCCCCCCCCCCCCCCCCCCn1cc(CCC(NS(=O)(=O)c2ccc(C)cc2)c2ccccc2)c2ccccc21. The van der Waals surface area contributed by atoms with Crippen molar-refractivity contribution in [3.05, 3.63) is 102 Å². The van der Waals surface area contributed by atoms with Crippen molar-refractivity contribution in [1.82, 2.24) is 9.29 Å². The van der Waals surface area contributed by atoms with Gasteiger partial charge in [0.2, 0.25) is 10.0 Å². The van der Waals surface area contributed by atoms with Crippen molar-refractivity contribution in [2.24, 2.45) is 0 Å². The van der Waals surface area contributed by atoms with E-state index in [1.54, 1.807) is 12.1 Å². The second-order valence-electron chi connectivity index (χ2n) is 14.3. The second kappa shape index (κ2) is 22.0. The third-order valence-electron chi connectivity index (χ3n) is 10.2. The Morgan fingerprint density at radius 3 is 1.69 bits per heavy atom. The van der Waals surface area contributed by atoms with Gasteiger partial charge in [-0.25, -0.2) is 13.1 Å². The lowest BCUT2D eigenvalue weighted by Gasteiger charge is -2.19. The molecule has 0 aliphatic carbocycles. The Morgan fingerprint density at radius 1 is 0.612 bits per heavy atom. The Labute approximate surface area is 299 Å². The molecule has 0 fully saturated rings. The number of nitrogens with one attached hydrogen (secondary N) is 1. The molecular formula is C44H64N2O2S. The minimum absolute atomic E-state index is 0.306. The fourth-order valence-corrected chi connectivity index (χ4v) is 8.40. The van der Waals surface area contributed by atoms with Gasteiger partial charge in [0.05, 0.1) is 4.90 Å². The van der Waals surface area contributed by atoms with Gasteiger partial charge in [-0.15, -0.1) is 0 Å². The molecule has 49 heavy (non-hydrogen) atoms. The zero-order chi connectivity index (χ0) is 34.6. The summed E-state index contributed by atoms with van der Waals surface area (Å²) >= 11 is 0. The first-order chi connectivity index (χ1) is 24.0. The molecule has 0 bridgehead atoms. The van der Waals surface area contributed by atoms with Gasteiger partial charge in [0.1, 0.15) is 0 Å². The standard InChI is InChI=1S/C44H64N2O2S/c1-3-4-5-6-7-8-9-10-11-12-13-14-15-16-17-18-19-25-36-46-37-40(42-28-23-24-29-44(42)46)32-35-43(39-26-21-20-22-27-39)45-49(47,48)41-33-30-38(2)31-34-41/h20-24,26-31,33-34,37,43,45H,3-19,25,32,35-36H2,1-2H3. The molecule has 4 aromatic rings. The second-order valence-corrected chi connectivity index (χ2v) is 16.0. The molecular weight excluding hydrogens is 621 g/mol. The number of para-hydroxylation sites is 1. The minimum atomic E-state index is -3.66. The van der Waals surface area contributed by atoms with Gasteiger partial charge < -0.3 is 4.57 Å². The molecule has 0 saturated heterocycles. The highest BCUT2D eigenvalue weighted by molar-refractivity contribution is 7.89. The van der Waals surface area contributed by atoms with E-state index in [1.165, 1.54) is 132 Å². The Hall–Kier alpha value is -2.89. The maximum absolute atomic E-state index is 13.4. The van der Waals surface area contributed by atoms with E-state index in [0.717, 1.165) is 24.1 Å². The van der Waals surface area contributed by atoms with E-state index >= 15 is 0 Å². The highest BCUT2D eigenvalue weighted by atomic mass is 32.2. The van der Waals surface area contributed by atoms with E-state index in [-0.39, 0.29) is 6.04 Å². The molecule has 5 heteroatoms. The number of benzene rings is 3. The summed E-state index contributed by atoms with van der Waals surface area (Å²) in [6.45, 7) is 5.29. The maximum atomic E-state index is 13.4. The van der Waals surface area contributed by atoms with Gasteiger partial charge in [0, 0.05) is 29.7 Å². The average Bonchev–Trinajstić information content (AvgIpc) is 3.47. The molecule has 3 aromatic carbocycles. The monoisotopic (exact) mass is 684 g/mol. The number of unbranched alkanes of at least 4 members (excludes halogenated alkanes) is 17. The van der Waals surface area contributed by atoms with Crippen LogP contribution in [0, 0.1) is 6.92 Å². The van der Waals surface area contributed by atoms with Crippen LogP contribution < -0.4 is 4.72 Å². The lowest BCUT2D eigenvalue weighted by atomic mass is 9.99. The lowest BCUT2D eigenvalue weighted by molar-refractivity contribution is 0.519. The number of nitrogens with zero attached hydrogens (tertiary/aromatic N) is 1. The summed E-state index contributed by atoms with van der Waals surface area (Å²) in [5.41, 5.74) is 4.59.